The van der Waals surface area contributed by atoms with Crippen molar-refractivity contribution in [1.82, 2.24) is 98.4 Å². The summed E-state index contributed by atoms with van der Waals surface area (Å²) in [6, 6.07) is 15.0. The van der Waals surface area contributed by atoms with Crippen molar-refractivity contribution >= 4 is 127 Å². The summed E-state index contributed by atoms with van der Waals surface area (Å²) >= 11 is 0. The summed E-state index contributed by atoms with van der Waals surface area (Å²) in [6.45, 7) is 28.5. The zero-order valence-electron chi connectivity index (χ0n) is 73.6. The van der Waals surface area contributed by atoms with Gasteiger partial charge in [-0.2, -0.15) is 5.26 Å². The summed E-state index contributed by atoms with van der Waals surface area (Å²) in [5.41, 5.74) is 24.1. The van der Waals surface area contributed by atoms with E-state index in [0.717, 1.165) is 0 Å². The molecular formula is C79H118N28O20P4Si2-2. The van der Waals surface area contributed by atoms with Gasteiger partial charge in [0.2, 0.25) is 22.0 Å². The van der Waals surface area contributed by atoms with Crippen molar-refractivity contribution in [3.8, 4) is 6.07 Å². The van der Waals surface area contributed by atoms with Crippen LogP contribution in [0.5, 0.6) is 0 Å². The lowest BCUT2D eigenvalue weighted by Crippen LogP contribution is -2.53. The Morgan fingerprint density at radius 2 is 0.827 bits per heavy atom. The molecule has 0 aliphatic carbocycles. The molecule has 48 nitrogen and oxygen atoms in total. The van der Waals surface area contributed by atoms with E-state index in [2.05, 4.69) is 128 Å². The molecule has 16 rings (SSSR count). The predicted octanol–water partition coefficient (Wildman–Crippen LogP) is 8.65. The third-order valence-electron chi connectivity index (χ3n) is 23.6. The fourth-order valence-corrected chi connectivity index (χ4v) is 23.1. The number of carbonyl (C=O) groups is 2. The van der Waals surface area contributed by atoms with Crippen LogP contribution in [0.15, 0.2) is 111 Å². The Labute approximate surface area is 771 Å². The number of amides is 2. The minimum atomic E-state index is -4.92. The number of fused-ring (bicyclic) bond motifs is 8. The van der Waals surface area contributed by atoms with Crippen LogP contribution >= 0.6 is 31.0 Å². The van der Waals surface area contributed by atoms with E-state index in [1.54, 1.807) is 85.9 Å². The molecule has 6 saturated heterocycles. The summed E-state index contributed by atoms with van der Waals surface area (Å²) in [4.78, 5) is 109. The number of nitriles is 1. The van der Waals surface area contributed by atoms with Gasteiger partial charge < -0.3 is 85.0 Å². The van der Waals surface area contributed by atoms with Gasteiger partial charge in [-0.15, -0.1) is 0 Å². The zero-order valence-corrected chi connectivity index (χ0v) is 79.2. The Bertz CT molecular complexity index is 5970. The van der Waals surface area contributed by atoms with Crippen LogP contribution in [0.1, 0.15) is 130 Å². The van der Waals surface area contributed by atoms with Crippen LogP contribution in [-0.2, 0) is 73.2 Å². The highest BCUT2D eigenvalue weighted by molar-refractivity contribution is 7.52. The number of rotatable bonds is 18. The first-order valence-electron chi connectivity index (χ1n) is 41.3. The molecule has 133 heavy (non-hydrogen) atoms. The highest BCUT2D eigenvalue weighted by Gasteiger charge is 2.58. The summed E-state index contributed by atoms with van der Waals surface area (Å²) in [7, 11) is -21.2. The quantitative estimate of drug-likeness (QED) is 0.0166. The SMILES string of the molecule is C.C.C.CN.CN.C[C@@H]1[C@@H]2NP(=O)([O-])OC[C@H]3O[C@@H](n4cnc5c(N)ncnc54)[C@H](O[Si](C)(C)C(C)(C)C)[C@@H]3NP(=O)([O-])OC[C@H]2O[C@H]1n1cnc2c(N)ncnc21.[C-]#[N+]CCOP1(=O)N[C@H]2[C@@H](C)[C@H](n3cnc4c(NC(=O)c5ccccc5)ncnc43)O[C@@H]2COP(=O)(OCCC#N)N[C@H]2[C@@H](O[Si](C)(C)C(C)(C)C)[C@H](n3cnc4c(NC(=O)c5ccccc5)ncnc43)O[C@@H]2CO1. The Morgan fingerprint density at radius 3 is 1.22 bits per heavy atom. The van der Waals surface area contributed by atoms with E-state index >= 15 is 9.13 Å². The fraction of sp³-hybridized carbons (Fsp3) is 0.544. The molecule has 0 radical (unpaired) electrons. The summed E-state index contributed by atoms with van der Waals surface area (Å²) in [5, 5.41) is 25.9. The smallest absolute Gasteiger partial charge is 0.406 e. The van der Waals surface area contributed by atoms with Crippen LogP contribution in [0, 0.1) is 29.7 Å². The summed E-state index contributed by atoms with van der Waals surface area (Å²) in [6.07, 6.45) is 0.297. The second-order valence-corrected chi connectivity index (χ2v) is 49.9. The second kappa shape index (κ2) is 43.4. The fourth-order valence-electron chi connectivity index (χ4n) is 15.0. The lowest BCUT2D eigenvalue weighted by molar-refractivity contribution is -0.209. The lowest BCUT2D eigenvalue weighted by atomic mass is 10.00. The molecule has 0 bridgehead atoms. The highest BCUT2D eigenvalue weighted by atomic mass is 31.2. The maximum Gasteiger partial charge on any atom is 0.406 e. The van der Waals surface area contributed by atoms with E-state index in [0.29, 0.717) is 39.1 Å². The van der Waals surface area contributed by atoms with E-state index in [9.17, 15) is 33.8 Å². The number of nitrogen functional groups attached to an aromatic ring is 2. The van der Waals surface area contributed by atoms with Gasteiger partial charge in [0.15, 0.2) is 86.0 Å². The van der Waals surface area contributed by atoms with Gasteiger partial charge in [-0.25, -0.2) is 90.8 Å². The third-order valence-corrected chi connectivity index (χ3v) is 38.0. The number of nitrogens with one attached hydrogen (secondary N) is 6. The van der Waals surface area contributed by atoms with Gasteiger partial charge in [0.25, 0.3) is 11.8 Å². The Kier molecular flexibility index (Phi) is 34.5. The number of nitrogens with zero attached hydrogens (tertiary/aromatic N) is 18. The number of carbonyl (C=O) groups excluding carboxylic acids is 2. The molecule has 6 aliphatic rings. The average molecular weight is 1960 g/mol. The van der Waals surface area contributed by atoms with Crippen molar-refractivity contribution in [2.45, 2.75) is 206 Å². The number of imidazole rings is 4. The summed E-state index contributed by atoms with van der Waals surface area (Å²) in [5.74, 6) is -1.49. The second-order valence-electron chi connectivity index (χ2n) is 33.8. The molecule has 14 N–H and O–H groups in total. The molecule has 0 spiro atoms. The summed E-state index contributed by atoms with van der Waals surface area (Å²) < 4.78 is 140. The molecular weight excluding hydrogens is 1840 g/mol. The number of nitrogens with two attached hydrogens (primary N) is 4. The first kappa shape index (κ1) is 106. The third kappa shape index (κ3) is 23.0. The monoisotopic (exact) mass is 1960 g/mol. The van der Waals surface area contributed by atoms with Crippen LogP contribution in [0.25, 0.3) is 49.5 Å². The van der Waals surface area contributed by atoms with Gasteiger partial charge in [0.1, 0.15) is 92.0 Å². The minimum absolute atomic E-state index is 0. The molecule has 0 saturated carbocycles. The lowest BCUT2D eigenvalue weighted by Gasteiger charge is -2.42. The molecule has 4 unspecified atom stereocenters. The van der Waals surface area contributed by atoms with Crippen LogP contribution in [-0.4, -0.2) is 228 Å². The predicted molar refractivity (Wildman–Crippen MR) is 493 cm³/mol. The van der Waals surface area contributed by atoms with Crippen molar-refractivity contribution in [2.75, 3.05) is 82.4 Å². The van der Waals surface area contributed by atoms with E-state index in [1.807, 2.05) is 60.0 Å². The maximum absolute atomic E-state index is 15.4. The van der Waals surface area contributed by atoms with Crippen LogP contribution in [0.4, 0.5) is 23.3 Å². The van der Waals surface area contributed by atoms with Crippen molar-refractivity contribution in [3.05, 3.63) is 134 Å². The topological polar surface area (TPSA) is 638 Å². The molecule has 2 amide bonds. The average Bonchev–Trinajstić information content (AvgIpc) is 1.61. The van der Waals surface area contributed by atoms with Crippen LogP contribution < -0.4 is 63.7 Å². The van der Waals surface area contributed by atoms with Crippen LogP contribution in [0.3, 0.4) is 0 Å². The molecule has 20 atom stereocenters. The minimum Gasteiger partial charge on any atom is -0.766 e. The number of aromatic nitrogens is 16. The number of hydrogen-bond donors (Lipinski definition) is 10. The van der Waals surface area contributed by atoms with Gasteiger partial charge in [0.05, 0.1) is 89.0 Å². The number of ether oxygens (including phenoxy) is 4. The van der Waals surface area contributed by atoms with E-state index in [-0.39, 0.29) is 98.5 Å². The largest absolute Gasteiger partial charge is 0.766 e. The highest BCUT2D eigenvalue weighted by Crippen LogP contribution is 2.56. The standard InChI is InChI=1S/C47H56N14O11P2Si.C27H42N12O9P2Si.2CH5N.3CH4/c1-29-34-32(70-45(29)60-27-54-36-39(50-25-52-41(36)60)56-43(62)30-15-10-8-11-16-30)23-68-74(65,66-21-14-19-48)59-35-33(24-69-73(64,58-34)67-22-20-49-5)71-46(38(35)72-75(6,7)47(2,3)4)61-28-55-37-40(51-26-53-42(37)61)57-44(63)31-17-12-9-13-18-31;1-13-16-14(46-25(13)38-11-34-18-21(28)30-9-32-23(18)38)7-44-50(42,43)37-17-15(8-45-49(40,41)36-16)47-26(20(17)48-51(5,6)27(2,3)4)39-12-35-19-22(29)31-10-33-24(19)39;2*1-2;;;/h8-13,15-18,25-29,32-35,38,45-46H,14,20-24H2,1-4,6-7H3,(H,58,64)(H,59,65)(H,50,52,56,62)(H,51,53,57,63);9-17,20,25-26H,7-8H2,1-6H3,(H2,28,30,32)(H2,29,31,33)(H2,36,40,41)(H2,37,42,43);2*2H2,1H3;3*1H4/p-2/t29-,32-,33-,34+,35-,38-,45-,46-,73?,74?;13-,14-,15-,16+,17-,20-,25-,26-;;;;;/m11...../s1. The molecule has 6 fully saturated rings. The van der Waals surface area contributed by atoms with Crippen molar-refractivity contribution in [1.29, 1.82) is 5.26 Å². The van der Waals surface area contributed by atoms with E-state index in [4.69, 9.17) is 73.0 Å². The molecule has 10 aromatic rings. The first-order chi connectivity index (χ1) is 61.8. The van der Waals surface area contributed by atoms with Gasteiger partial charge in [-0.3, -0.25) is 60.2 Å². The van der Waals surface area contributed by atoms with Crippen molar-refractivity contribution < 1.29 is 92.6 Å². The molecule has 6 aliphatic heterocycles. The number of hydrogen-bond acceptors (Lipinski definition) is 37. The molecule has 2 aromatic carbocycles. The van der Waals surface area contributed by atoms with Crippen molar-refractivity contribution in [2.24, 2.45) is 23.3 Å². The molecule has 14 heterocycles. The number of benzene rings is 2. The van der Waals surface area contributed by atoms with E-state index < -0.39 is 183 Å². The Hall–Kier alpha value is -9.29. The maximum atomic E-state index is 15.4. The van der Waals surface area contributed by atoms with Crippen molar-refractivity contribution in [3.63, 3.8) is 0 Å². The molecule has 724 valence electrons. The van der Waals surface area contributed by atoms with Gasteiger partial charge >= 0.3 is 15.5 Å². The van der Waals surface area contributed by atoms with Crippen LogP contribution in [0.2, 0.25) is 36.3 Å². The molecule has 8 aromatic heterocycles. The van der Waals surface area contributed by atoms with Gasteiger partial charge in [0, 0.05) is 29.0 Å². The zero-order chi connectivity index (χ0) is 93.8. The Morgan fingerprint density at radius 1 is 0.504 bits per heavy atom. The van der Waals surface area contributed by atoms with E-state index in [1.165, 1.54) is 64.7 Å². The Balaban J connectivity index is 0.000000276. The first-order valence-corrected chi connectivity index (χ1v) is 53.3. The normalized spacial score (nSPS) is 29.1. The molecule has 54 heteroatoms. The van der Waals surface area contributed by atoms with Gasteiger partial charge in [-0.05, 0) is 74.6 Å². The van der Waals surface area contributed by atoms with Gasteiger partial charge in [-0.1, -0.05) is 114 Å². The number of anilines is 4.